The molecule has 0 amide bonds. The van der Waals surface area contributed by atoms with Gasteiger partial charge in [0.1, 0.15) is 5.75 Å². The first-order chi connectivity index (χ1) is 12.6. The number of benzene rings is 2. The number of rotatable bonds is 8. The van der Waals surface area contributed by atoms with Gasteiger partial charge >= 0.3 is 0 Å². The molecule has 0 aliphatic heterocycles. The van der Waals surface area contributed by atoms with Gasteiger partial charge in [-0.25, -0.2) is 0 Å². The number of aromatic nitrogens is 2. The van der Waals surface area contributed by atoms with Crippen molar-refractivity contribution in [2.45, 2.75) is 38.3 Å². The molecule has 1 unspecified atom stereocenters. The first-order valence-corrected chi connectivity index (χ1v) is 9.80. The second kappa shape index (κ2) is 8.90. The van der Waals surface area contributed by atoms with E-state index in [1.165, 1.54) is 22.9 Å². The Morgan fingerprint density at radius 2 is 1.88 bits per heavy atom. The zero-order valence-corrected chi connectivity index (χ0v) is 16.3. The van der Waals surface area contributed by atoms with E-state index in [0.29, 0.717) is 23.6 Å². The predicted molar refractivity (Wildman–Crippen MR) is 105 cm³/mol. The third kappa shape index (κ3) is 5.11. The van der Waals surface area contributed by atoms with Gasteiger partial charge in [-0.3, -0.25) is 0 Å². The highest BCUT2D eigenvalue weighted by Crippen LogP contribution is 2.23. The van der Waals surface area contributed by atoms with E-state index in [-0.39, 0.29) is 0 Å². The molecule has 136 valence electrons. The maximum atomic E-state index is 5.86. The lowest BCUT2D eigenvalue weighted by Crippen LogP contribution is -2.01. The van der Waals surface area contributed by atoms with E-state index in [0.717, 1.165) is 23.5 Å². The zero-order valence-electron chi connectivity index (χ0n) is 15.4. The Morgan fingerprint density at radius 1 is 1.08 bits per heavy atom. The Labute approximate surface area is 159 Å². The molecule has 0 N–H and O–H groups in total. The minimum Gasteiger partial charge on any atom is -0.492 e. The quantitative estimate of drug-likeness (QED) is 0.404. The van der Waals surface area contributed by atoms with Gasteiger partial charge in [0.2, 0.25) is 5.89 Å². The normalized spacial score (nSPS) is 12.1. The molecule has 0 spiro atoms. The molecule has 0 saturated heterocycles. The third-order valence-corrected chi connectivity index (χ3v) is 4.99. The average molecular weight is 369 g/mol. The van der Waals surface area contributed by atoms with E-state index >= 15 is 0 Å². The molecule has 0 aliphatic carbocycles. The minimum absolute atomic E-state index is 0.349. The van der Waals surface area contributed by atoms with Crippen LogP contribution in [-0.4, -0.2) is 22.6 Å². The molecule has 1 atom stereocenters. The molecule has 1 aromatic heterocycles. The molecule has 3 rings (SSSR count). The SMILES string of the molecule is Cc1ccc(C)c(OCCSc2nnc(CC(C)c3ccccc3)o2)c1. The Kier molecular flexibility index (Phi) is 6.34. The van der Waals surface area contributed by atoms with Gasteiger partial charge in [0, 0.05) is 12.2 Å². The van der Waals surface area contributed by atoms with E-state index in [2.05, 4.69) is 73.4 Å². The van der Waals surface area contributed by atoms with E-state index in [1.54, 1.807) is 0 Å². The van der Waals surface area contributed by atoms with Gasteiger partial charge in [-0.1, -0.05) is 61.2 Å². The third-order valence-electron chi connectivity index (χ3n) is 4.21. The summed E-state index contributed by atoms with van der Waals surface area (Å²) in [6, 6.07) is 16.6. The summed E-state index contributed by atoms with van der Waals surface area (Å²) >= 11 is 1.53. The Bertz CT molecular complexity index is 833. The molecular formula is C21H24N2O2S. The van der Waals surface area contributed by atoms with Crippen LogP contribution in [0, 0.1) is 13.8 Å². The molecule has 0 radical (unpaired) electrons. The van der Waals surface area contributed by atoms with Gasteiger partial charge in [-0.2, -0.15) is 0 Å². The highest BCUT2D eigenvalue weighted by atomic mass is 32.2. The van der Waals surface area contributed by atoms with Crippen LogP contribution in [0.5, 0.6) is 5.75 Å². The second-order valence-corrected chi connectivity index (χ2v) is 7.49. The first-order valence-electron chi connectivity index (χ1n) is 8.82. The van der Waals surface area contributed by atoms with Gasteiger partial charge in [0.25, 0.3) is 5.22 Å². The fourth-order valence-electron chi connectivity index (χ4n) is 2.68. The van der Waals surface area contributed by atoms with Crippen LogP contribution in [0.3, 0.4) is 0 Å². The first kappa shape index (κ1) is 18.5. The van der Waals surface area contributed by atoms with E-state index in [9.17, 15) is 0 Å². The topological polar surface area (TPSA) is 48.2 Å². The lowest BCUT2D eigenvalue weighted by molar-refractivity contribution is 0.340. The van der Waals surface area contributed by atoms with Gasteiger partial charge < -0.3 is 9.15 Å². The molecule has 0 aliphatic rings. The smallest absolute Gasteiger partial charge is 0.276 e. The Balaban J connectivity index is 1.46. The van der Waals surface area contributed by atoms with E-state index in [1.807, 2.05) is 6.07 Å². The van der Waals surface area contributed by atoms with Crippen molar-refractivity contribution >= 4 is 11.8 Å². The van der Waals surface area contributed by atoms with Crippen LogP contribution in [0.2, 0.25) is 0 Å². The van der Waals surface area contributed by atoms with Gasteiger partial charge in [-0.05, 0) is 42.5 Å². The molecule has 0 fully saturated rings. The summed E-state index contributed by atoms with van der Waals surface area (Å²) in [5, 5.41) is 8.90. The average Bonchev–Trinajstić information content (AvgIpc) is 3.09. The summed E-state index contributed by atoms with van der Waals surface area (Å²) < 4.78 is 11.6. The van der Waals surface area contributed by atoms with Gasteiger partial charge in [-0.15, -0.1) is 10.2 Å². The number of ether oxygens (including phenoxy) is 1. The van der Waals surface area contributed by atoms with Crippen LogP contribution in [0.25, 0.3) is 0 Å². The maximum absolute atomic E-state index is 5.86. The molecule has 5 heteroatoms. The van der Waals surface area contributed by atoms with Crippen LogP contribution >= 0.6 is 11.8 Å². The number of nitrogens with zero attached hydrogens (tertiary/aromatic N) is 2. The molecule has 0 bridgehead atoms. The molecule has 3 aromatic rings. The Morgan fingerprint density at radius 3 is 2.69 bits per heavy atom. The number of hydrogen-bond acceptors (Lipinski definition) is 5. The van der Waals surface area contributed by atoms with Crippen molar-refractivity contribution < 1.29 is 9.15 Å². The molecule has 26 heavy (non-hydrogen) atoms. The van der Waals surface area contributed by atoms with Crippen molar-refractivity contribution in [2.24, 2.45) is 0 Å². The standard InChI is InChI=1S/C21H24N2O2S/c1-15-9-10-16(2)19(13-15)24-11-12-26-21-23-22-20(25-21)14-17(3)18-7-5-4-6-8-18/h4-10,13,17H,11-12,14H2,1-3H3. The summed E-state index contributed by atoms with van der Waals surface area (Å²) in [6.07, 6.45) is 0.747. The summed E-state index contributed by atoms with van der Waals surface area (Å²) in [4.78, 5) is 0. The van der Waals surface area contributed by atoms with Crippen LogP contribution in [0.1, 0.15) is 35.4 Å². The molecular weight excluding hydrogens is 344 g/mol. The molecule has 0 saturated carbocycles. The predicted octanol–water partition coefficient (Wildman–Crippen LogP) is 5.20. The molecule has 1 heterocycles. The summed E-state index contributed by atoms with van der Waals surface area (Å²) in [7, 11) is 0. The van der Waals surface area contributed by atoms with E-state index < -0.39 is 0 Å². The van der Waals surface area contributed by atoms with Crippen molar-refractivity contribution in [3.8, 4) is 5.75 Å². The van der Waals surface area contributed by atoms with Crippen molar-refractivity contribution in [2.75, 3.05) is 12.4 Å². The van der Waals surface area contributed by atoms with Crippen LogP contribution in [0.4, 0.5) is 0 Å². The van der Waals surface area contributed by atoms with Gasteiger partial charge in [0.05, 0.1) is 6.61 Å². The van der Waals surface area contributed by atoms with Crippen LogP contribution in [-0.2, 0) is 6.42 Å². The van der Waals surface area contributed by atoms with Crippen molar-refractivity contribution in [3.63, 3.8) is 0 Å². The zero-order chi connectivity index (χ0) is 18.4. The minimum atomic E-state index is 0.349. The summed E-state index contributed by atoms with van der Waals surface area (Å²) in [5.74, 6) is 2.73. The highest BCUT2D eigenvalue weighted by Gasteiger charge is 2.12. The second-order valence-electron chi connectivity index (χ2n) is 6.44. The molecule has 2 aromatic carbocycles. The lowest BCUT2D eigenvalue weighted by atomic mass is 9.98. The summed E-state index contributed by atoms with van der Waals surface area (Å²) in [6.45, 7) is 6.90. The summed E-state index contributed by atoms with van der Waals surface area (Å²) in [5.41, 5.74) is 3.63. The number of thioether (sulfide) groups is 1. The largest absolute Gasteiger partial charge is 0.492 e. The van der Waals surface area contributed by atoms with Crippen LogP contribution in [0.15, 0.2) is 58.2 Å². The van der Waals surface area contributed by atoms with Crippen LogP contribution < -0.4 is 4.74 Å². The highest BCUT2D eigenvalue weighted by molar-refractivity contribution is 7.99. The maximum Gasteiger partial charge on any atom is 0.276 e. The van der Waals surface area contributed by atoms with Crippen molar-refractivity contribution in [1.82, 2.24) is 10.2 Å². The van der Waals surface area contributed by atoms with E-state index in [4.69, 9.17) is 9.15 Å². The fourth-order valence-corrected chi connectivity index (χ4v) is 3.28. The number of hydrogen-bond donors (Lipinski definition) is 0. The molecule has 4 nitrogen and oxygen atoms in total. The number of aryl methyl sites for hydroxylation is 2. The fraction of sp³-hybridized carbons (Fsp3) is 0.333. The van der Waals surface area contributed by atoms with Gasteiger partial charge in [0.15, 0.2) is 0 Å². The monoisotopic (exact) mass is 368 g/mol. The Hall–Kier alpha value is -2.27. The lowest BCUT2D eigenvalue weighted by Gasteiger charge is -2.09. The van der Waals surface area contributed by atoms with Crippen molar-refractivity contribution in [1.29, 1.82) is 0 Å². The van der Waals surface area contributed by atoms with Crippen molar-refractivity contribution in [3.05, 3.63) is 71.1 Å².